The molecule has 7 rings (SSSR count). The number of likely N-dealkylation sites (N-methyl/N-ethyl adjacent to an activating group) is 1. The van der Waals surface area contributed by atoms with Crippen LogP contribution in [0.2, 0.25) is 0 Å². The van der Waals surface area contributed by atoms with Gasteiger partial charge < -0.3 is 19.3 Å². The first kappa shape index (κ1) is 24.2. The lowest BCUT2D eigenvalue weighted by molar-refractivity contribution is -0.157. The molecule has 11 heteroatoms. The molecule has 0 unspecified atom stereocenters. The summed E-state index contributed by atoms with van der Waals surface area (Å²) in [7, 11) is 1.66. The van der Waals surface area contributed by atoms with Crippen molar-refractivity contribution in [3.63, 3.8) is 0 Å². The van der Waals surface area contributed by atoms with Gasteiger partial charge in [0.15, 0.2) is 11.5 Å². The summed E-state index contributed by atoms with van der Waals surface area (Å²) in [5.74, 6) is 0.932. The van der Waals surface area contributed by atoms with Crippen molar-refractivity contribution in [3.8, 4) is 17.3 Å². The molecule has 0 bridgehead atoms. The van der Waals surface area contributed by atoms with Gasteiger partial charge in [0.05, 0.1) is 35.7 Å². The number of hydroxylamine groups is 1. The van der Waals surface area contributed by atoms with Gasteiger partial charge in [-0.2, -0.15) is 5.06 Å². The highest BCUT2D eigenvalue weighted by Gasteiger charge is 2.48. The van der Waals surface area contributed by atoms with Crippen molar-refractivity contribution in [2.75, 3.05) is 25.4 Å². The van der Waals surface area contributed by atoms with E-state index < -0.39 is 18.0 Å². The third-order valence-corrected chi connectivity index (χ3v) is 7.83. The Hall–Kier alpha value is -4.90. The second kappa shape index (κ2) is 8.82. The number of hydrogen-bond acceptors (Lipinski definition) is 7. The van der Waals surface area contributed by atoms with Crippen LogP contribution in [-0.4, -0.2) is 68.7 Å². The van der Waals surface area contributed by atoms with Crippen LogP contribution >= 0.6 is 0 Å². The smallest absolute Gasteiger partial charge is 0.247 e. The summed E-state index contributed by atoms with van der Waals surface area (Å²) in [6.45, 7) is 1.35. The monoisotopic (exact) mass is 539 g/mol. The van der Waals surface area contributed by atoms with Crippen LogP contribution < -0.4 is 14.5 Å². The molecular weight excluding hydrogens is 514 g/mol. The molecule has 3 aliphatic heterocycles. The number of nitrogens with zero attached hydrogens (tertiary/aromatic N) is 5. The Morgan fingerprint density at radius 2 is 1.88 bits per heavy atom. The summed E-state index contributed by atoms with van der Waals surface area (Å²) in [5.41, 5.74) is 3.64. The number of fused-ring (bicyclic) bond motifs is 5. The van der Waals surface area contributed by atoms with E-state index >= 15 is 0 Å². The number of para-hydroxylation sites is 1. The maximum atomic E-state index is 13.6. The van der Waals surface area contributed by atoms with E-state index in [4.69, 9.17) is 9.47 Å². The number of carbonyl (C=O) groups excluding carboxylic acids is 3. The van der Waals surface area contributed by atoms with E-state index in [-0.39, 0.29) is 30.8 Å². The van der Waals surface area contributed by atoms with Gasteiger partial charge in [0.2, 0.25) is 24.5 Å². The summed E-state index contributed by atoms with van der Waals surface area (Å²) >= 11 is 0. The largest absolute Gasteiger partial charge is 0.454 e. The fourth-order valence-corrected chi connectivity index (χ4v) is 6.04. The number of ether oxygens (including phenoxy) is 2. The highest BCUT2D eigenvalue weighted by Crippen LogP contribution is 2.47. The van der Waals surface area contributed by atoms with Gasteiger partial charge in [0.25, 0.3) is 0 Å². The molecule has 0 radical (unpaired) electrons. The molecule has 0 spiro atoms. The number of pyridine rings is 1. The third kappa shape index (κ3) is 3.47. The zero-order valence-electron chi connectivity index (χ0n) is 21.8. The first-order valence-corrected chi connectivity index (χ1v) is 12.9. The van der Waals surface area contributed by atoms with E-state index in [2.05, 4.69) is 4.98 Å². The quantitative estimate of drug-likeness (QED) is 0.314. The standard InChI is InChI=1S/C29H25N5O6/c1-16(35)34(38)18-8-10-25(30-13-18)32-21-6-4-3-5-19(21)20-12-22-29(37)31(2)14-26(36)33(22)27(28(20)32)17-7-9-23-24(11-17)40-15-39-23/h3-11,13,22,27,38H,12,14-15H2,1-2H3/t22-,27-/m1/s1. The number of piperazine rings is 1. The van der Waals surface area contributed by atoms with Crippen molar-refractivity contribution in [3.05, 3.63) is 77.6 Å². The number of rotatable bonds is 3. The first-order chi connectivity index (χ1) is 19.3. The molecule has 2 aromatic carbocycles. The molecule has 2 atom stereocenters. The van der Waals surface area contributed by atoms with Gasteiger partial charge in [0, 0.05) is 25.8 Å². The second-order valence-corrected chi connectivity index (χ2v) is 10.2. The van der Waals surface area contributed by atoms with Crippen molar-refractivity contribution in [2.45, 2.75) is 25.4 Å². The van der Waals surface area contributed by atoms with Gasteiger partial charge in [-0.3, -0.25) is 24.2 Å². The number of carbonyl (C=O) groups is 3. The van der Waals surface area contributed by atoms with Gasteiger partial charge in [0.1, 0.15) is 11.9 Å². The molecule has 2 aromatic heterocycles. The topological polar surface area (TPSA) is 117 Å². The van der Waals surface area contributed by atoms with Crippen molar-refractivity contribution >= 4 is 34.3 Å². The van der Waals surface area contributed by atoms with E-state index in [9.17, 15) is 19.6 Å². The molecule has 0 saturated carbocycles. The van der Waals surface area contributed by atoms with E-state index in [1.807, 2.05) is 47.0 Å². The van der Waals surface area contributed by atoms with Crippen LogP contribution in [0.4, 0.5) is 5.69 Å². The third-order valence-electron chi connectivity index (χ3n) is 7.83. The van der Waals surface area contributed by atoms with E-state index in [1.54, 1.807) is 24.1 Å². The number of aromatic nitrogens is 2. The number of anilines is 1. The van der Waals surface area contributed by atoms with E-state index in [1.165, 1.54) is 18.0 Å². The maximum Gasteiger partial charge on any atom is 0.247 e. The molecular formula is C29H25N5O6. The van der Waals surface area contributed by atoms with Crippen molar-refractivity contribution in [1.29, 1.82) is 0 Å². The summed E-state index contributed by atoms with van der Waals surface area (Å²) in [5, 5.41) is 11.6. The van der Waals surface area contributed by atoms with Crippen LogP contribution in [0.1, 0.15) is 29.8 Å². The lowest BCUT2D eigenvalue weighted by atomic mass is 9.86. The second-order valence-electron chi connectivity index (χ2n) is 10.2. The van der Waals surface area contributed by atoms with Crippen molar-refractivity contribution < 1.29 is 29.1 Å². The highest BCUT2D eigenvalue weighted by atomic mass is 16.7. The predicted molar refractivity (Wildman–Crippen MR) is 142 cm³/mol. The molecule has 1 N–H and O–H groups in total. The molecule has 11 nitrogen and oxygen atoms in total. The average molecular weight is 540 g/mol. The molecule has 3 aliphatic rings. The van der Waals surface area contributed by atoms with Gasteiger partial charge in [-0.05, 0) is 41.5 Å². The molecule has 5 heterocycles. The zero-order chi connectivity index (χ0) is 27.7. The molecule has 202 valence electrons. The zero-order valence-corrected chi connectivity index (χ0v) is 21.8. The average Bonchev–Trinajstić information content (AvgIpc) is 3.56. The minimum atomic E-state index is -0.665. The minimum Gasteiger partial charge on any atom is -0.454 e. The van der Waals surface area contributed by atoms with Gasteiger partial charge in [-0.25, -0.2) is 4.98 Å². The Morgan fingerprint density at radius 1 is 1.07 bits per heavy atom. The van der Waals surface area contributed by atoms with Crippen molar-refractivity contribution in [2.24, 2.45) is 0 Å². The molecule has 1 fully saturated rings. The fourth-order valence-electron chi connectivity index (χ4n) is 6.04. The molecule has 0 aliphatic carbocycles. The Morgan fingerprint density at radius 3 is 2.65 bits per heavy atom. The summed E-state index contributed by atoms with van der Waals surface area (Å²) in [4.78, 5) is 46.6. The predicted octanol–water partition coefficient (Wildman–Crippen LogP) is 2.81. The summed E-state index contributed by atoms with van der Waals surface area (Å²) < 4.78 is 13.2. The fraction of sp³-hybridized carbons (Fsp3) is 0.241. The Labute approximate surface area is 228 Å². The lowest BCUT2D eigenvalue weighted by Crippen LogP contribution is -2.62. The maximum absolute atomic E-state index is 13.6. The molecule has 4 aromatic rings. The number of hydrogen-bond donors (Lipinski definition) is 1. The summed E-state index contributed by atoms with van der Waals surface area (Å²) in [6.07, 6.45) is 1.77. The lowest BCUT2D eigenvalue weighted by Gasteiger charge is -2.46. The molecule has 1 saturated heterocycles. The Bertz CT molecular complexity index is 1710. The molecule has 3 amide bonds. The van der Waals surface area contributed by atoms with Crippen LogP contribution in [0, 0.1) is 0 Å². The minimum absolute atomic E-state index is 0.0176. The Kier molecular flexibility index (Phi) is 5.33. The van der Waals surface area contributed by atoms with Crippen LogP contribution in [0.3, 0.4) is 0 Å². The van der Waals surface area contributed by atoms with Crippen molar-refractivity contribution in [1.82, 2.24) is 19.4 Å². The van der Waals surface area contributed by atoms with Crippen LogP contribution in [0.5, 0.6) is 11.5 Å². The van der Waals surface area contributed by atoms with Crippen LogP contribution in [0.15, 0.2) is 60.8 Å². The highest BCUT2D eigenvalue weighted by molar-refractivity contribution is 5.98. The SMILES string of the molecule is CC(=O)N(O)c1ccc(-n2c3c(c4ccccc42)C[C@@H]2C(=O)N(C)CC(=O)N2[C@@H]3c2ccc3c(c2)OCO3)nc1. The summed E-state index contributed by atoms with van der Waals surface area (Å²) in [6, 6.07) is 15.5. The number of benzene rings is 2. The first-order valence-electron chi connectivity index (χ1n) is 12.9. The van der Waals surface area contributed by atoms with Crippen LogP contribution in [0.25, 0.3) is 16.7 Å². The van der Waals surface area contributed by atoms with Gasteiger partial charge >= 0.3 is 0 Å². The number of amides is 3. The normalized spacial score (nSPS) is 19.6. The van der Waals surface area contributed by atoms with Crippen LogP contribution in [-0.2, 0) is 20.8 Å². The van der Waals surface area contributed by atoms with E-state index in [0.717, 1.165) is 27.7 Å². The molecule has 40 heavy (non-hydrogen) atoms. The van der Waals surface area contributed by atoms with E-state index in [0.29, 0.717) is 28.8 Å². The Balaban J connectivity index is 1.49. The van der Waals surface area contributed by atoms with Gasteiger partial charge in [-0.15, -0.1) is 0 Å². The van der Waals surface area contributed by atoms with Gasteiger partial charge in [-0.1, -0.05) is 24.3 Å².